The predicted octanol–water partition coefficient (Wildman–Crippen LogP) is 4.37. The Balaban J connectivity index is 2.46. The van der Waals surface area contributed by atoms with Crippen molar-refractivity contribution in [2.24, 2.45) is 7.05 Å². The van der Waals surface area contributed by atoms with Crippen LogP contribution in [0.3, 0.4) is 0 Å². The molecule has 0 saturated carbocycles. The molecule has 0 saturated heterocycles. The molecule has 36 heavy (non-hydrogen) atoms. The molecule has 0 radical (unpaired) electrons. The lowest BCUT2D eigenvalue weighted by atomic mass is 9.79. The first-order valence-electron chi connectivity index (χ1n) is 11.2. The van der Waals surface area contributed by atoms with Crippen molar-refractivity contribution < 1.29 is 19.4 Å². The average Bonchev–Trinajstić information content (AvgIpc) is 2.75. The smallest absolute Gasteiger partial charge is 0.416 e. The Morgan fingerprint density at radius 1 is 0.972 bits per heavy atom. The summed E-state index contributed by atoms with van der Waals surface area (Å²) in [5, 5.41) is 21.3. The fourth-order valence-electron chi connectivity index (χ4n) is 3.99. The molecule has 0 bridgehead atoms. The van der Waals surface area contributed by atoms with Crippen molar-refractivity contribution in [2.45, 2.75) is 52.4 Å². The molecule has 1 aromatic heterocycles. The molecule has 10 heteroatoms. The maximum Gasteiger partial charge on any atom is 0.416 e. The first-order valence-corrected chi connectivity index (χ1v) is 11.2. The van der Waals surface area contributed by atoms with Crippen molar-refractivity contribution in [2.75, 3.05) is 10.6 Å². The molecule has 3 aromatic rings. The predicted molar refractivity (Wildman–Crippen MR) is 137 cm³/mol. The quantitative estimate of drug-likeness (QED) is 0.491. The number of aromatic hydroxyl groups is 1. The number of carbonyl (C=O) groups is 1. The largest absolute Gasteiger partial charge is 0.507 e. The molecule has 4 N–H and O–H groups in total. The van der Waals surface area contributed by atoms with Gasteiger partial charge in [0.15, 0.2) is 5.69 Å². The number of carboxylic acid groups (broad SMARTS) is 1. The van der Waals surface area contributed by atoms with Crippen LogP contribution in [0.5, 0.6) is 5.75 Å². The van der Waals surface area contributed by atoms with E-state index in [1.165, 1.54) is 31.3 Å². The number of hydrogen-bond acceptors (Lipinski definition) is 5. The van der Waals surface area contributed by atoms with Crippen molar-refractivity contribution in [1.29, 1.82) is 0 Å². The zero-order chi connectivity index (χ0) is 27.3. The Hall–Kier alpha value is -4.08. The molecule has 192 valence electrons. The molecule has 0 aliphatic rings. The Morgan fingerprint density at radius 3 is 1.86 bits per heavy atom. The first kappa shape index (κ1) is 26.5. The van der Waals surface area contributed by atoms with E-state index in [1.54, 1.807) is 0 Å². The molecular formula is C26H31FN4O5. The van der Waals surface area contributed by atoms with Crippen LogP contribution in [0, 0.1) is 5.82 Å². The number of aromatic nitrogens is 2. The minimum Gasteiger partial charge on any atom is -0.507 e. The summed E-state index contributed by atoms with van der Waals surface area (Å²) in [4.78, 5) is 39.5. The average molecular weight is 499 g/mol. The molecule has 0 fully saturated rings. The van der Waals surface area contributed by atoms with Gasteiger partial charge in [-0.3, -0.25) is 9.36 Å². The molecular weight excluding hydrogens is 467 g/mol. The number of amides is 1. The van der Waals surface area contributed by atoms with Gasteiger partial charge in [0.05, 0.1) is 11.4 Å². The minimum absolute atomic E-state index is 0.0289. The van der Waals surface area contributed by atoms with E-state index in [4.69, 9.17) is 5.73 Å². The summed E-state index contributed by atoms with van der Waals surface area (Å²) in [6.07, 6.45) is -1.52. The lowest BCUT2D eigenvalue weighted by Gasteiger charge is -2.30. The number of hydrogen-bond donors (Lipinski definition) is 3. The molecule has 2 aromatic carbocycles. The molecule has 1 amide bonds. The SMILES string of the molecule is Cn1c(=O)c(N(C(=O)O)c2cc(C(C)(C)C)c(O)c(C(C)(C)C)c2)c(N)n(-c2ccc(F)cc2)c1=O. The third kappa shape index (κ3) is 4.58. The van der Waals surface area contributed by atoms with Gasteiger partial charge in [-0.05, 0) is 47.2 Å². The summed E-state index contributed by atoms with van der Waals surface area (Å²) < 4.78 is 15.2. The Kier molecular flexibility index (Phi) is 6.52. The van der Waals surface area contributed by atoms with E-state index in [0.29, 0.717) is 16.0 Å². The van der Waals surface area contributed by atoms with Gasteiger partial charge in [-0.15, -0.1) is 0 Å². The van der Waals surface area contributed by atoms with E-state index < -0.39 is 45.5 Å². The Labute approximate surface area is 207 Å². The van der Waals surface area contributed by atoms with Crippen molar-refractivity contribution in [1.82, 2.24) is 9.13 Å². The maximum atomic E-state index is 13.5. The standard InChI is InChI=1S/C26H31FN4O5/c1-25(2,3)17-12-16(13-18(20(17)32)26(4,5)6)30(24(35)36)19-21(28)31(23(34)29(7)22(19)33)15-10-8-14(27)9-11-15/h8-13,32H,28H2,1-7H3,(H,35,36). The van der Waals surface area contributed by atoms with Crippen LogP contribution < -0.4 is 21.9 Å². The number of anilines is 3. The van der Waals surface area contributed by atoms with E-state index in [1.807, 2.05) is 41.5 Å². The van der Waals surface area contributed by atoms with Crippen LogP contribution in [0.4, 0.5) is 26.4 Å². The summed E-state index contributed by atoms with van der Waals surface area (Å²) in [7, 11) is 1.20. The third-order valence-electron chi connectivity index (χ3n) is 5.94. The topological polar surface area (TPSA) is 131 Å². The van der Waals surface area contributed by atoms with Crippen LogP contribution in [0.25, 0.3) is 5.69 Å². The normalized spacial score (nSPS) is 12.0. The van der Waals surface area contributed by atoms with Gasteiger partial charge in [-0.25, -0.2) is 23.4 Å². The van der Waals surface area contributed by atoms with Crippen molar-refractivity contribution in [3.05, 3.63) is 74.2 Å². The highest BCUT2D eigenvalue weighted by atomic mass is 19.1. The molecule has 0 spiro atoms. The Morgan fingerprint density at radius 2 is 1.44 bits per heavy atom. The van der Waals surface area contributed by atoms with Gasteiger partial charge in [-0.2, -0.15) is 0 Å². The minimum atomic E-state index is -1.52. The summed E-state index contributed by atoms with van der Waals surface area (Å²) in [5.74, 6) is -0.947. The molecule has 9 nitrogen and oxygen atoms in total. The number of phenolic OH excluding ortho intramolecular Hbond substituents is 1. The number of halogens is 1. The van der Waals surface area contributed by atoms with Gasteiger partial charge in [0.1, 0.15) is 17.4 Å². The summed E-state index contributed by atoms with van der Waals surface area (Å²) in [6, 6.07) is 7.80. The van der Waals surface area contributed by atoms with Crippen LogP contribution in [0.15, 0.2) is 46.0 Å². The van der Waals surface area contributed by atoms with E-state index in [2.05, 4.69) is 0 Å². The van der Waals surface area contributed by atoms with E-state index in [9.17, 15) is 29.0 Å². The van der Waals surface area contributed by atoms with Crippen molar-refractivity contribution in [3.8, 4) is 11.4 Å². The third-order valence-corrected chi connectivity index (χ3v) is 5.94. The van der Waals surface area contributed by atoms with Crippen molar-refractivity contribution in [3.63, 3.8) is 0 Å². The van der Waals surface area contributed by atoms with Crippen LogP contribution in [0.1, 0.15) is 52.7 Å². The summed E-state index contributed by atoms with van der Waals surface area (Å²) in [5.41, 5.74) is 4.07. The molecule has 0 unspecified atom stereocenters. The zero-order valence-electron chi connectivity index (χ0n) is 21.4. The number of nitrogen functional groups attached to an aromatic ring is 1. The summed E-state index contributed by atoms with van der Waals surface area (Å²) >= 11 is 0. The lowest BCUT2D eigenvalue weighted by Crippen LogP contribution is -2.43. The van der Waals surface area contributed by atoms with Gasteiger partial charge < -0.3 is 15.9 Å². The fourth-order valence-corrected chi connectivity index (χ4v) is 3.99. The number of benzene rings is 2. The number of nitrogens with two attached hydrogens (primary N) is 1. The highest BCUT2D eigenvalue weighted by Gasteiger charge is 2.32. The second-order valence-corrected chi connectivity index (χ2v) is 10.7. The van der Waals surface area contributed by atoms with Gasteiger partial charge in [0, 0.05) is 18.2 Å². The van der Waals surface area contributed by atoms with Crippen LogP contribution in [0.2, 0.25) is 0 Å². The number of rotatable bonds is 3. The lowest BCUT2D eigenvalue weighted by molar-refractivity contribution is 0.204. The first-order chi connectivity index (χ1) is 16.5. The monoisotopic (exact) mass is 498 g/mol. The van der Waals surface area contributed by atoms with Gasteiger partial charge in [0.2, 0.25) is 0 Å². The second-order valence-electron chi connectivity index (χ2n) is 10.7. The molecule has 1 heterocycles. The van der Waals surface area contributed by atoms with E-state index in [-0.39, 0.29) is 17.1 Å². The van der Waals surface area contributed by atoms with Crippen molar-refractivity contribution >= 4 is 23.3 Å². The second kappa shape index (κ2) is 8.85. The maximum absolute atomic E-state index is 13.5. The van der Waals surface area contributed by atoms with E-state index >= 15 is 0 Å². The zero-order valence-corrected chi connectivity index (χ0v) is 21.4. The Bertz CT molecular complexity index is 1420. The molecule has 0 atom stereocenters. The van der Waals surface area contributed by atoms with Crippen LogP contribution in [-0.4, -0.2) is 25.4 Å². The summed E-state index contributed by atoms with van der Waals surface area (Å²) in [6.45, 7) is 11.2. The van der Waals surface area contributed by atoms with Gasteiger partial charge >= 0.3 is 11.8 Å². The fraction of sp³-hybridized carbons (Fsp3) is 0.346. The highest BCUT2D eigenvalue weighted by molar-refractivity contribution is 5.98. The van der Waals surface area contributed by atoms with Crippen LogP contribution in [-0.2, 0) is 17.9 Å². The molecule has 3 rings (SSSR count). The molecule has 0 aliphatic heterocycles. The molecule has 0 aliphatic carbocycles. The highest BCUT2D eigenvalue weighted by Crippen LogP contribution is 2.43. The van der Waals surface area contributed by atoms with Gasteiger partial charge in [0.25, 0.3) is 5.56 Å². The van der Waals surface area contributed by atoms with Gasteiger partial charge in [-0.1, -0.05) is 41.5 Å². The van der Waals surface area contributed by atoms with Crippen LogP contribution >= 0.6 is 0 Å². The number of nitrogens with zero attached hydrogens (tertiary/aromatic N) is 3. The van der Waals surface area contributed by atoms with E-state index in [0.717, 1.165) is 21.3 Å². The number of phenols is 1.